The predicted octanol–water partition coefficient (Wildman–Crippen LogP) is 2.89. The van der Waals surface area contributed by atoms with Crippen LogP contribution in [0.25, 0.3) is 0 Å². The van der Waals surface area contributed by atoms with E-state index in [2.05, 4.69) is 34.7 Å². The Balaban J connectivity index is 1.65. The highest BCUT2D eigenvalue weighted by Crippen LogP contribution is 2.22. The van der Waals surface area contributed by atoms with Gasteiger partial charge in [0.15, 0.2) is 5.96 Å². The number of likely N-dealkylation sites (tertiary alicyclic amines) is 2. The number of rotatable bonds is 7. The first-order valence-electron chi connectivity index (χ1n) is 9.90. The van der Waals surface area contributed by atoms with Gasteiger partial charge >= 0.3 is 0 Å². The van der Waals surface area contributed by atoms with Crippen molar-refractivity contribution in [3.05, 3.63) is 42.5 Å². The molecule has 0 amide bonds. The predicted molar refractivity (Wildman–Crippen MR) is 108 cm³/mol. The van der Waals surface area contributed by atoms with Crippen LogP contribution >= 0.6 is 0 Å². The van der Waals surface area contributed by atoms with E-state index in [1.807, 2.05) is 18.2 Å². The molecule has 1 N–H and O–H groups in total. The molecule has 1 atom stereocenters. The fourth-order valence-corrected chi connectivity index (χ4v) is 3.85. The van der Waals surface area contributed by atoms with Gasteiger partial charge in [-0.05, 0) is 45.3 Å². The SMILES string of the molecule is C=CCOc1ccccc1CN=C(NCC)N1CCC(N2CCCC2)C1. The van der Waals surface area contributed by atoms with E-state index in [1.54, 1.807) is 6.08 Å². The summed E-state index contributed by atoms with van der Waals surface area (Å²) in [4.78, 5) is 9.97. The number of ether oxygens (including phenoxy) is 1. The zero-order valence-corrected chi connectivity index (χ0v) is 16.0. The van der Waals surface area contributed by atoms with Gasteiger partial charge in [0.25, 0.3) is 0 Å². The van der Waals surface area contributed by atoms with Gasteiger partial charge in [0.05, 0.1) is 6.54 Å². The molecule has 26 heavy (non-hydrogen) atoms. The molecule has 0 bridgehead atoms. The van der Waals surface area contributed by atoms with Crippen LogP contribution in [-0.2, 0) is 6.54 Å². The number of hydrogen-bond donors (Lipinski definition) is 1. The summed E-state index contributed by atoms with van der Waals surface area (Å²) in [5, 5.41) is 3.47. The highest BCUT2D eigenvalue weighted by atomic mass is 16.5. The third kappa shape index (κ3) is 4.79. The second-order valence-electron chi connectivity index (χ2n) is 7.01. The van der Waals surface area contributed by atoms with Crippen LogP contribution in [0.4, 0.5) is 0 Å². The first kappa shape index (κ1) is 18.8. The van der Waals surface area contributed by atoms with Crippen LogP contribution in [0.1, 0.15) is 31.7 Å². The van der Waals surface area contributed by atoms with Crippen molar-refractivity contribution in [3.63, 3.8) is 0 Å². The summed E-state index contributed by atoms with van der Waals surface area (Å²) in [5.74, 6) is 1.91. The van der Waals surface area contributed by atoms with Gasteiger partial charge in [0, 0.05) is 31.2 Å². The Morgan fingerprint density at radius 2 is 2.12 bits per heavy atom. The van der Waals surface area contributed by atoms with Gasteiger partial charge in [-0.2, -0.15) is 0 Å². The van der Waals surface area contributed by atoms with Crippen LogP contribution in [0, 0.1) is 0 Å². The van der Waals surface area contributed by atoms with Crippen LogP contribution in [0.2, 0.25) is 0 Å². The molecule has 0 saturated carbocycles. The van der Waals surface area contributed by atoms with Crippen LogP contribution in [0.15, 0.2) is 41.9 Å². The molecule has 1 aromatic rings. The molecule has 2 aliphatic rings. The van der Waals surface area contributed by atoms with Crippen molar-refractivity contribution in [1.29, 1.82) is 0 Å². The van der Waals surface area contributed by atoms with E-state index in [1.165, 1.54) is 32.4 Å². The van der Waals surface area contributed by atoms with Crippen molar-refractivity contribution < 1.29 is 4.74 Å². The normalized spacial score (nSPS) is 21.2. The molecule has 2 saturated heterocycles. The molecule has 0 aliphatic carbocycles. The highest BCUT2D eigenvalue weighted by molar-refractivity contribution is 5.80. The van der Waals surface area contributed by atoms with Gasteiger partial charge < -0.3 is 15.0 Å². The fourth-order valence-electron chi connectivity index (χ4n) is 3.85. The molecule has 5 heteroatoms. The second kappa shape index (κ2) is 9.62. The first-order valence-corrected chi connectivity index (χ1v) is 9.90. The van der Waals surface area contributed by atoms with Gasteiger partial charge in [-0.25, -0.2) is 4.99 Å². The quantitative estimate of drug-likeness (QED) is 0.463. The standard InChI is InChI=1S/C21H32N4O/c1-3-15-26-20-10-6-5-9-18(20)16-23-21(22-4-2)25-14-11-19(17-25)24-12-7-8-13-24/h3,5-6,9-10,19H,1,4,7-8,11-17H2,2H3,(H,22,23). The smallest absolute Gasteiger partial charge is 0.194 e. The lowest BCUT2D eigenvalue weighted by Crippen LogP contribution is -2.42. The minimum atomic E-state index is 0.518. The summed E-state index contributed by atoms with van der Waals surface area (Å²) >= 11 is 0. The number of nitrogens with zero attached hydrogens (tertiary/aromatic N) is 3. The molecule has 142 valence electrons. The number of nitrogens with one attached hydrogen (secondary N) is 1. The Labute approximate surface area is 157 Å². The van der Waals surface area contributed by atoms with E-state index < -0.39 is 0 Å². The van der Waals surface area contributed by atoms with E-state index in [0.717, 1.165) is 36.9 Å². The topological polar surface area (TPSA) is 40.1 Å². The zero-order valence-electron chi connectivity index (χ0n) is 16.0. The maximum absolute atomic E-state index is 5.76. The van der Waals surface area contributed by atoms with Gasteiger partial charge in [-0.15, -0.1) is 0 Å². The Morgan fingerprint density at radius 1 is 1.31 bits per heavy atom. The van der Waals surface area contributed by atoms with Crippen molar-refractivity contribution in [3.8, 4) is 5.75 Å². The van der Waals surface area contributed by atoms with E-state index in [4.69, 9.17) is 9.73 Å². The third-order valence-corrected chi connectivity index (χ3v) is 5.18. The molecule has 0 radical (unpaired) electrons. The molecule has 3 rings (SSSR count). The lowest BCUT2D eigenvalue weighted by Gasteiger charge is -2.25. The van der Waals surface area contributed by atoms with Crippen LogP contribution in [-0.4, -0.2) is 61.1 Å². The molecule has 2 fully saturated rings. The second-order valence-corrected chi connectivity index (χ2v) is 7.01. The van der Waals surface area contributed by atoms with Crippen molar-refractivity contribution in [1.82, 2.24) is 15.1 Å². The van der Waals surface area contributed by atoms with Crippen LogP contribution in [0.3, 0.4) is 0 Å². The average molecular weight is 357 g/mol. The summed E-state index contributed by atoms with van der Waals surface area (Å²) in [6.07, 6.45) is 5.72. The minimum Gasteiger partial charge on any atom is -0.489 e. The fraction of sp³-hybridized carbons (Fsp3) is 0.571. The van der Waals surface area contributed by atoms with Crippen molar-refractivity contribution in [2.45, 2.75) is 38.8 Å². The van der Waals surface area contributed by atoms with Crippen LogP contribution < -0.4 is 10.1 Å². The molecular weight excluding hydrogens is 324 g/mol. The largest absolute Gasteiger partial charge is 0.489 e. The maximum Gasteiger partial charge on any atom is 0.194 e. The summed E-state index contributed by atoms with van der Waals surface area (Å²) in [6.45, 7) is 12.6. The molecule has 1 aromatic carbocycles. The summed E-state index contributed by atoms with van der Waals surface area (Å²) in [5.41, 5.74) is 1.11. The monoisotopic (exact) mass is 356 g/mol. The molecule has 1 unspecified atom stereocenters. The summed E-state index contributed by atoms with van der Waals surface area (Å²) < 4.78 is 5.76. The van der Waals surface area contributed by atoms with E-state index in [-0.39, 0.29) is 0 Å². The summed E-state index contributed by atoms with van der Waals surface area (Å²) in [7, 11) is 0. The molecular formula is C21H32N4O. The molecule has 2 heterocycles. The van der Waals surface area contributed by atoms with Gasteiger partial charge in [-0.1, -0.05) is 30.9 Å². The van der Waals surface area contributed by atoms with E-state index in [9.17, 15) is 0 Å². The van der Waals surface area contributed by atoms with E-state index >= 15 is 0 Å². The van der Waals surface area contributed by atoms with Crippen molar-refractivity contribution in [2.24, 2.45) is 4.99 Å². The Morgan fingerprint density at radius 3 is 2.88 bits per heavy atom. The number of benzene rings is 1. The summed E-state index contributed by atoms with van der Waals surface area (Å²) in [6, 6.07) is 8.81. The van der Waals surface area contributed by atoms with Gasteiger partial charge in [-0.3, -0.25) is 4.90 Å². The van der Waals surface area contributed by atoms with Gasteiger partial charge in [0.2, 0.25) is 0 Å². The van der Waals surface area contributed by atoms with Gasteiger partial charge in [0.1, 0.15) is 12.4 Å². The molecule has 0 aromatic heterocycles. The molecule has 5 nitrogen and oxygen atoms in total. The Bertz CT molecular complexity index is 610. The molecule has 0 spiro atoms. The van der Waals surface area contributed by atoms with Crippen molar-refractivity contribution in [2.75, 3.05) is 39.3 Å². The van der Waals surface area contributed by atoms with Crippen molar-refractivity contribution >= 4 is 5.96 Å². The Hall–Kier alpha value is -2.01. The molecule has 2 aliphatic heterocycles. The number of para-hydroxylation sites is 1. The number of guanidine groups is 1. The lowest BCUT2D eigenvalue weighted by molar-refractivity contribution is 0.249. The zero-order chi connectivity index (χ0) is 18.2. The average Bonchev–Trinajstić information content (AvgIpc) is 3.35. The minimum absolute atomic E-state index is 0.518. The lowest BCUT2D eigenvalue weighted by atomic mass is 10.2. The number of aliphatic imine (C=N–C) groups is 1. The Kier molecular flexibility index (Phi) is 6.95. The maximum atomic E-state index is 5.76. The third-order valence-electron chi connectivity index (χ3n) is 5.18. The van der Waals surface area contributed by atoms with Crippen LogP contribution in [0.5, 0.6) is 5.75 Å². The van der Waals surface area contributed by atoms with E-state index in [0.29, 0.717) is 19.2 Å². The first-order chi connectivity index (χ1) is 12.8. The number of hydrogen-bond acceptors (Lipinski definition) is 3. The highest BCUT2D eigenvalue weighted by Gasteiger charge is 2.30.